The molecule has 0 atom stereocenters. The highest BCUT2D eigenvalue weighted by molar-refractivity contribution is 6.32. The zero-order chi connectivity index (χ0) is 14.5. The van der Waals surface area contributed by atoms with Crippen LogP contribution in [-0.2, 0) is 0 Å². The van der Waals surface area contributed by atoms with Crippen molar-refractivity contribution in [2.75, 3.05) is 19.6 Å². The van der Waals surface area contributed by atoms with Crippen LogP contribution in [0.4, 0.5) is 5.69 Å². The van der Waals surface area contributed by atoms with Gasteiger partial charge in [-0.25, -0.2) is 4.98 Å². The summed E-state index contributed by atoms with van der Waals surface area (Å²) in [4.78, 5) is 25.7. The molecular weight excluding hydrogens is 284 g/mol. The topological polar surface area (TPSA) is 97.2 Å². The van der Waals surface area contributed by atoms with Gasteiger partial charge in [0.1, 0.15) is 11.3 Å². The molecule has 0 aromatic carbocycles. The van der Waals surface area contributed by atoms with Crippen LogP contribution in [0.5, 0.6) is 0 Å². The van der Waals surface area contributed by atoms with Crippen LogP contribution in [0, 0.1) is 10.1 Å². The van der Waals surface area contributed by atoms with Crippen LogP contribution >= 0.6 is 11.6 Å². The molecular formula is C12H13ClN4O3. The Balaban J connectivity index is 2.06. The summed E-state index contributed by atoms with van der Waals surface area (Å²) < 4.78 is 0. The number of aromatic nitrogens is 1. The van der Waals surface area contributed by atoms with E-state index in [2.05, 4.69) is 15.6 Å². The number of pyridine rings is 1. The van der Waals surface area contributed by atoms with Crippen LogP contribution in [0.3, 0.4) is 0 Å². The summed E-state index contributed by atoms with van der Waals surface area (Å²) in [6.07, 6.45) is 3.90. The van der Waals surface area contributed by atoms with Crippen molar-refractivity contribution in [3.8, 4) is 0 Å². The molecule has 0 saturated heterocycles. The number of nitrogens with zero attached hydrogens (tertiary/aromatic N) is 2. The molecule has 1 aliphatic heterocycles. The van der Waals surface area contributed by atoms with Crippen LogP contribution in [0.25, 0.3) is 0 Å². The minimum Gasteiger partial charge on any atom is -0.348 e. The fraction of sp³-hybridized carbons (Fsp3) is 0.333. The van der Waals surface area contributed by atoms with Gasteiger partial charge in [-0.3, -0.25) is 14.9 Å². The Hall–Kier alpha value is -1.99. The lowest BCUT2D eigenvalue weighted by atomic mass is 10.1. The maximum absolute atomic E-state index is 12.0. The Kier molecular flexibility index (Phi) is 4.65. The van der Waals surface area contributed by atoms with E-state index in [1.54, 1.807) is 0 Å². The quantitative estimate of drug-likeness (QED) is 0.378. The third kappa shape index (κ3) is 3.52. The van der Waals surface area contributed by atoms with Gasteiger partial charge in [-0.15, -0.1) is 0 Å². The molecule has 0 radical (unpaired) electrons. The van der Waals surface area contributed by atoms with Gasteiger partial charge in [0, 0.05) is 19.2 Å². The molecule has 1 amide bonds. The summed E-state index contributed by atoms with van der Waals surface area (Å²) >= 11 is 5.80. The van der Waals surface area contributed by atoms with Gasteiger partial charge in [-0.1, -0.05) is 23.3 Å². The molecule has 0 bridgehead atoms. The lowest BCUT2D eigenvalue weighted by molar-refractivity contribution is -0.385. The average molecular weight is 297 g/mol. The Bertz CT molecular complexity index is 574. The van der Waals surface area contributed by atoms with Crippen LogP contribution in [0.15, 0.2) is 23.9 Å². The number of nitrogens with one attached hydrogen (secondary N) is 2. The summed E-state index contributed by atoms with van der Waals surface area (Å²) in [6.45, 7) is 2.06. The minimum atomic E-state index is -0.616. The van der Waals surface area contributed by atoms with Crippen molar-refractivity contribution in [1.29, 1.82) is 0 Å². The molecule has 0 spiro atoms. The standard InChI is InChI=1S/C12H13ClN4O3/c13-11-10(5-9(7-15-11)17(19)20)12(18)16-6-8-1-3-14-4-2-8/h1,5,7,14H,2-4,6H2,(H,16,18). The van der Waals surface area contributed by atoms with Crippen LogP contribution in [0.2, 0.25) is 5.15 Å². The van der Waals surface area contributed by atoms with Crippen LogP contribution in [0.1, 0.15) is 16.8 Å². The lowest BCUT2D eigenvalue weighted by Gasteiger charge is -2.14. The van der Waals surface area contributed by atoms with E-state index in [0.717, 1.165) is 37.3 Å². The lowest BCUT2D eigenvalue weighted by Crippen LogP contribution is -2.29. The second-order valence-corrected chi connectivity index (χ2v) is 4.65. The van der Waals surface area contributed by atoms with Crippen molar-refractivity contribution in [3.63, 3.8) is 0 Å². The molecule has 2 rings (SSSR count). The van der Waals surface area contributed by atoms with Gasteiger partial charge < -0.3 is 10.6 Å². The van der Waals surface area contributed by atoms with Crippen LogP contribution in [-0.4, -0.2) is 35.4 Å². The van der Waals surface area contributed by atoms with Crippen molar-refractivity contribution >= 4 is 23.2 Å². The molecule has 0 fully saturated rings. The zero-order valence-corrected chi connectivity index (χ0v) is 11.3. The predicted molar refractivity (Wildman–Crippen MR) is 73.8 cm³/mol. The van der Waals surface area contributed by atoms with E-state index in [4.69, 9.17) is 11.6 Å². The predicted octanol–water partition coefficient (Wildman–Crippen LogP) is 1.29. The molecule has 1 aromatic rings. The molecule has 0 saturated carbocycles. The zero-order valence-electron chi connectivity index (χ0n) is 10.6. The molecule has 1 aliphatic rings. The molecule has 2 heterocycles. The first-order valence-electron chi connectivity index (χ1n) is 6.04. The Morgan fingerprint density at radius 3 is 3.05 bits per heavy atom. The molecule has 106 valence electrons. The highest BCUT2D eigenvalue weighted by atomic mass is 35.5. The van der Waals surface area contributed by atoms with Crippen molar-refractivity contribution in [3.05, 3.63) is 44.7 Å². The largest absolute Gasteiger partial charge is 0.348 e. The summed E-state index contributed by atoms with van der Waals surface area (Å²) in [7, 11) is 0. The van der Waals surface area contributed by atoms with E-state index in [-0.39, 0.29) is 16.4 Å². The number of carbonyl (C=O) groups is 1. The molecule has 0 unspecified atom stereocenters. The SMILES string of the molecule is O=C(NCC1=CCNCC1)c1cc([N+](=O)[O-])cnc1Cl. The fourth-order valence-electron chi connectivity index (χ4n) is 1.82. The monoisotopic (exact) mass is 296 g/mol. The molecule has 8 heteroatoms. The summed E-state index contributed by atoms with van der Waals surface area (Å²) in [6, 6.07) is 1.13. The summed E-state index contributed by atoms with van der Waals surface area (Å²) in [5, 5.41) is 16.5. The summed E-state index contributed by atoms with van der Waals surface area (Å²) in [5.41, 5.74) is 0.864. The van der Waals surface area contributed by atoms with E-state index in [1.165, 1.54) is 0 Å². The van der Waals surface area contributed by atoms with E-state index >= 15 is 0 Å². The van der Waals surface area contributed by atoms with Crippen LogP contribution < -0.4 is 10.6 Å². The smallest absolute Gasteiger partial charge is 0.288 e. The molecule has 0 aliphatic carbocycles. The van der Waals surface area contributed by atoms with Gasteiger partial charge in [-0.2, -0.15) is 0 Å². The molecule has 1 aromatic heterocycles. The number of hydrogen-bond acceptors (Lipinski definition) is 5. The van der Waals surface area contributed by atoms with Gasteiger partial charge in [0.15, 0.2) is 0 Å². The first kappa shape index (κ1) is 14.4. The van der Waals surface area contributed by atoms with Gasteiger partial charge in [0.25, 0.3) is 11.6 Å². The molecule has 7 nitrogen and oxygen atoms in total. The van der Waals surface area contributed by atoms with E-state index in [1.807, 2.05) is 6.08 Å². The number of nitro groups is 1. The molecule has 20 heavy (non-hydrogen) atoms. The third-order valence-electron chi connectivity index (χ3n) is 2.91. The molecule has 2 N–H and O–H groups in total. The summed E-state index contributed by atoms with van der Waals surface area (Å²) in [5.74, 6) is -0.467. The normalized spacial score (nSPS) is 14.6. The highest BCUT2D eigenvalue weighted by Crippen LogP contribution is 2.19. The minimum absolute atomic E-state index is 0.00963. The first-order valence-corrected chi connectivity index (χ1v) is 6.42. The average Bonchev–Trinajstić information content (AvgIpc) is 2.46. The van der Waals surface area contributed by atoms with Gasteiger partial charge >= 0.3 is 0 Å². The highest BCUT2D eigenvalue weighted by Gasteiger charge is 2.17. The number of amides is 1. The van der Waals surface area contributed by atoms with Gasteiger partial charge in [0.2, 0.25) is 0 Å². The Labute approximate surface area is 120 Å². The second-order valence-electron chi connectivity index (χ2n) is 4.29. The van der Waals surface area contributed by atoms with Crippen molar-refractivity contribution in [2.45, 2.75) is 6.42 Å². The number of hydrogen-bond donors (Lipinski definition) is 2. The number of carbonyl (C=O) groups excluding carboxylic acids is 1. The maximum Gasteiger partial charge on any atom is 0.288 e. The van der Waals surface area contributed by atoms with Crippen molar-refractivity contribution < 1.29 is 9.72 Å². The van der Waals surface area contributed by atoms with Crippen molar-refractivity contribution in [1.82, 2.24) is 15.6 Å². The van der Waals surface area contributed by atoms with E-state index in [9.17, 15) is 14.9 Å². The Morgan fingerprint density at radius 2 is 2.40 bits per heavy atom. The second kappa shape index (κ2) is 6.44. The fourth-order valence-corrected chi connectivity index (χ4v) is 2.00. The van der Waals surface area contributed by atoms with Crippen molar-refractivity contribution in [2.24, 2.45) is 0 Å². The number of rotatable bonds is 4. The Morgan fingerprint density at radius 1 is 1.60 bits per heavy atom. The van der Waals surface area contributed by atoms with E-state index < -0.39 is 10.8 Å². The third-order valence-corrected chi connectivity index (χ3v) is 3.22. The number of halogens is 1. The van der Waals surface area contributed by atoms with Gasteiger partial charge in [-0.05, 0) is 13.0 Å². The van der Waals surface area contributed by atoms with E-state index in [0.29, 0.717) is 6.54 Å². The maximum atomic E-state index is 12.0. The van der Waals surface area contributed by atoms with Gasteiger partial charge in [0.05, 0.1) is 10.5 Å². The first-order chi connectivity index (χ1) is 9.58.